The summed E-state index contributed by atoms with van der Waals surface area (Å²) in [7, 11) is 0. The third-order valence-electron chi connectivity index (χ3n) is 3.68. The maximum atomic E-state index is 11.7. The van der Waals surface area contributed by atoms with Gasteiger partial charge in [0.2, 0.25) is 0 Å². The van der Waals surface area contributed by atoms with Gasteiger partial charge < -0.3 is 0 Å². The summed E-state index contributed by atoms with van der Waals surface area (Å²) in [5.74, 6) is 0.363. The molecule has 1 nitrogen and oxygen atoms in total. The van der Waals surface area contributed by atoms with E-state index in [0.29, 0.717) is 18.6 Å². The Morgan fingerprint density at radius 3 is 2.50 bits per heavy atom. The van der Waals surface area contributed by atoms with E-state index < -0.39 is 0 Å². The van der Waals surface area contributed by atoms with Gasteiger partial charge in [-0.05, 0) is 35.6 Å². The van der Waals surface area contributed by atoms with Gasteiger partial charge in [0.15, 0.2) is 0 Å². The van der Waals surface area contributed by atoms with E-state index in [9.17, 15) is 4.79 Å². The lowest BCUT2D eigenvalue weighted by atomic mass is 9.85. The summed E-state index contributed by atoms with van der Waals surface area (Å²) < 4.78 is 0. The van der Waals surface area contributed by atoms with Gasteiger partial charge in [-0.25, -0.2) is 0 Å². The molecule has 0 amide bonds. The molecule has 0 heterocycles. The number of hydrogen-bond acceptors (Lipinski definition) is 1. The van der Waals surface area contributed by atoms with Gasteiger partial charge in [-0.1, -0.05) is 48.0 Å². The lowest BCUT2D eigenvalue weighted by Gasteiger charge is -2.18. The largest absolute Gasteiger partial charge is 0.299 e. The van der Waals surface area contributed by atoms with E-state index >= 15 is 0 Å². The summed E-state index contributed by atoms with van der Waals surface area (Å²) >= 11 is 0. The third-order valence-corrected chi connectivity index (χ3v) is 3.68. The molecule has 1 heteroatoms. The monoisotopic (exact) mass is 236 g/mol. The van der Waals surface area contributed by atoms with Crippen LogP contribution in [0.15, 0.2) is 42.5 Å². The highest BCUT2D eigenvalue weighted by atomic mass is 16.1. The van der Waals surface area contributed by atoms with Crippen LogP contribution >= 0.6 is 0 Å². The quantitative estimate of drug-likeness (QED) is 0.737. The minimum Gasteiger partial charge on any atom is -0.299 e. The van der Waals surface area contributed by atoms with Crippen molar-refractivity contribution in [3.05, 3.63) is 59.2 Å². The number of ketones is 1. The number of benzene rings is 2. The standard InChI is InChI=1S/C17H16O/c1-12-5-7-14(8-6-12)16-4-2-3-13-9-10-15(18)11-17(13)16/h2-8H,9-11H2,1H3. The molecule has 0 saturated carbocycles. The van der Waals surface area contributed by atoms with Crippen molar-refractivity contribution in [1.29, 1.82) is 0 Å². The van der Waals surface area contributed by atoms with Crippen LogP contribution in [0.3, 0.4) is 0 Å². The number of hydrogen-bond donors (Lipinski definition) is 0. The number of carbonyl (C=O) groups is 1. The molecule has 0 radical (unpaired) electrons. The summed E-state index contributed by atoms with van der Waals surface area (Å²) in [6.07, 6.45) is 2.19. The molecule has 90 valence electrons. The molecule has 0 spiro atoms. The van der Waals surface area contributed by atoms with Crippen LogP contribution in [0.4, 0.5) is 0 Å². The fourth-order valence-corrected chi connectivity index (χ4v) is 2.64. The Kier molecular flexibility index (Phi) is 2.75. The smallest absolute Gasteiger partial charge is 0.137 e. The van der Waals surface area contributed by atoms with E-state index in [-0.39, 0.29) is 0 Å². The van der Waals surface area contributed by atoms with Crippen molar-refractivity contribution in [2.24, 2.45) is 0 Å². The molecule has 0 N–H and O–H groups in total. The molecule has 0 saturated heterocycles. The molecule has 1 aliphatic carbocycles. The van der Waals surface area contributed by atoms with Gasteiger partial charge in [-0.15, -0.1) is 0 Å². The fourth-order valence-electron chi connectivity index (χ4n) is 2.64. The van der Waals surface area contributed by atoms with E-state index in [2.05, 4.69) is 49.4 Å². The van der Waals surface area contributed by atoms with E-state index in [0.717, 1.165) is 6.42 Å². The summed E-state index contributed by atoms with van der Waals surface area (Å²) in [6, 6.07) is 14.9. The summed E-state index contributed by atoms with van der Waals surface area (Å²) in [4.78, 5) is 11.7. The van der Waals surface area contributed by atoms with Crippen LogP contribution < -0.4 is 0 Å². The number of aryl methyl sites for hydroxylation is 2. The summed E-state index contributed by atoms with van der Waals surface area (Å²) in [5, 5.41) is 0. The Labute approximate surface area is 107 Å². The van der Waals surface area contributed by atoms with Crippen LogP contribution in [0, 0.1) is 6.92 Å². The molecule has 0 aromatic heterocycles. The van der Waals surface area contributed by atoms with E-state index in [1.807, 2.05) is 0 Å². The second-order valence-corrected chi connectivity index (χ2v) is 5.02. The molecule has 0 atom stereocenters. The summed E-state index contributed by atoms with van der Waals surface area (Å²) in [6.45, 7) is 2.09. The zero-order chi connectivity index (χ0) is 12.5. The van der Waals surface area contributed by atoms with Crippen molar-refractivity contribution in [3.8, 4) is 11.1 Å². The lowest BCUT2D eigenvalue weighted by Crippen LogP contribution is -2.14. The average molecular weight is 236 g/mol. The molecule has 1 aliphatic rings. The van der Waals surface area contributed by atoms with Gasteiger partial charge in [0, 0.05) is 12.8 Å². The first-order valence-corrected chi connectivity index (χ1v) is 6.43. The SMILES string of the molecule is Cc1ccc(-c2cccc3c2CC(=O)CC3)cc1. The number of fused-ring (bicyclic) bond motifs is 1. The Morgan fingerprint density at radius 1 is 0.944 bits per heavy atom. The molecular formula is C17H16O. The molecule has 2 aromatic rings. The Morgan fingerprint density at radius 2 is 1.72 bits per heavy atom. The average Bonchev–Trinajstić information content (AvgIpc) is 2.39. The van der Waals surface area contributed by atoms with Gasteiger partial charge in [0.25, 0.3) is 0 Å². The van der Waals surface area contributed by atoms with Gasteiger partial charge in [0.1, 0.15) is 5.78 Å². The van der Waals surface area contributed by atoms with Crippen molar-refractivity contribution in [3.63, 3.8) is 0 Å². The van der Waals surface area contributed by atoms with Crippen LogP contribution in [-0.2, 0) is 17.6 Å². The molecule has 3 rings (SSSR count). The van der Waals surface area contributed by atoms with E-state index in [1.165, 1.54) is 27.8 Å². The highest BCUT2D eigenvalue weighted by Gasteiger charge is 2.18. The van der Waals surface area contributed by atoms with Crippen molar-refractivity contribution in [2.45, 2.75) is 26.2 Å². The molecular weight excluding hydrogens is 220 g/mol. The van der Waals surface area contributed by atoms with Crippen molar-refractivity contribution in [2.75, 3.05) is 0 Å². The second-order valence-electron chi connectivity index (χ2n) is 5.02. The lowest BCUT2D eigenvalue weighted by molar-refractivity contribution is -0.118. The fraction of sp³-hybridized carbons (Fsp3) is 0.235. The zero-order valence-corrected chi connectivity index (χ0v) is 10.6. The Hall–Kier alpha value is -1.89. The molecule has 0 aliphatic heterocycles. The first-order valence-electron chi connectivity index (χ1n) is 6.43. The minimum absolute atomic E-state index is 0.363. The van der Waals surface area contributed by atoms with Crippen LogP contribution in [0.25, 0.3) is 11.1 Å². The summed E-state index contributed by atoms with van der Waals surface area (Å²) in [5.41, 5.74) is 6.28. The number of rotatable bonds is 1. The highest BCUT2D eigenvalue weighted by Crippen LogP contribution is 2.30. The Bertz CT molecular complexity index is 594. The number of carbonyl (C=O) groups excluding carboxylic acids is 1. The van der Waals surface area contributed by atoms with Crippen LogP contribution in [0.2, 0.25) is 0 Å². The van der Waals surface area contributed by atoms with Crippen LogP contribution in [-0.4, -0.2) is 5.78 Å². The van der Waals surface area contributed by atoms with Gasteiger partial charge in [-0.3, -0.25) is 4.79 Å². The van der Waals surface area contributed by atoms with E-state index in [1.54, 1.807) is 0 Å². The third kappa shape index (κ3) is 1.97. The molecule has 0 fully saturated rings. The van der Waals surface area contributed by atoms with Crippen LogP contribution in [0.5, 0.6) is 0 Å². The molecule has 2 aromatic carbocycles. The van der Waals surface area contributed by atoms with Gasteiger partial charge in [-0.2, -0.15) is 0 Å². The van der Waals surface area contributed by atoms with Gasteiger partial charge >= 0.3 is 0 Å². The molecule has 0 bridgehead atoms. The zero-order valence-electron chi connectivity index (χ0n) is 10.6. The second kappa shape index (κ2) is 4.41. The van der Waals surface area contributed by atoms with E-state index in [4.69, 9.17) is 0 Å². The Balaban J connectivity index is 2.12. The maximum Gasteiger partial charge on any atom is 0.137 e. The predicted octanol–water partition coefficient (Wildman–Crippen LogP) is 3.72. The van der Waals surface area contributed by atoms with Crippen LogP contribution in [0.1, 0.15) is 23.1 Å². The predicted molar refractivity (Wildman–Crippen MR) is 73.6 cm³/mol. The van der Waals surface area contributed by atoms with Crippen molar-refractivity contribution < 1.29 is 4.79 Å². The first-order chi connectivity index (χ1) is 8.74. The van der Waals surface area contributed by atoms with Crippen molar-refractivity contribution >= 4 is 5.78 Å². The topological polar surface area (TPSA) is 17.1 Å². The molecule has 0 unspecified atom stereocenters. The maximum absolute atomic E-state index is 11.7. The number of Topliss-reactive ketones (excluding diaryl/α,β-unsaturated/α-hetero) is 1. The minimum atomic E-state index is 0.363. The highest BCUT2D eigenvalue weighted by molar-refractivity contribution is 5.86. The normalized spacial score (nSPS) is 14.4. The first kappa shape index (κ1) is 11.2. The van der Waals surface area contributed by atoms with Gasteiger partial charge in [0.05, 0.1) is 0 Å². The van der Waals surface area contributed by atoms with Crippen molar-refractivity contribution in [1.82, 2.24) is 0 Å². The molecule has 18 heavy (non-hydrogen) atoms.